The summed E-state index contributed by atoms with van der Waals surface area (Å²) in [4.78, 5) is 14.5. The average molecular weight is 530 g/mol. The third-order valence-electron chi connectivity index (χ3n) is 13.2. The zero-order valence-electron chi connectivity index (χ0n) is 26.1. The molecule has 0 aromatic rings. The van der Waals surface area contributed by atoms with Crippen molar-refractivity contribution >= 4 is 5.97 Å². The van der Waals surface area contributed by atoms with Gasteiger partial charge >= 0.3 is 5.97 Å². The number of epoxide rings is 1. The van der Waals surface area contributed by atoms with Crippen LogP contribution in [0.4, 0.5) is 0 Å². The first-order valence-corrected chi connectivity index (χ1v) is 16.5. The van der Waals surface area contributed by atoms with Gasteiger partial charge in [0.2, 0.25) is 0 Å². The lowest BCUT2D eigenvalue weighted by molar-refractivity contribution is -0.159. The third kappa shape index (κ3) is 4.41. The topological polar surface area (TPSA) is 42.1 Å². The summed E-state index contributed by atoms with van der Waals surface area (Å²) in [6, 6.07) is 0. The minimum Gasteiger partial charge on any atom is -0.462 e. The van der Waals surface area contributed by atoms with Gasteiger partial charge in [0.15, 0.2) is 0 Å². The highest BCUT2D eigenvalue weighted by Crippen LogP contribution is 2.78. The van der Waals surface area contributed by atoms with Gasteiger partial charge in [0.25, 0.3) is 0 Å². The molecule has 10 atom stereocenters. The molecular weight excluding hydrogens is 470 g/mol. The molecule has 3 unspecified atom stereocenters. The second kappa shape index (κ2) is 10.3. The number of fused-ring (bicyclic) bond motifs is 4. The smallest absolute Gasteiger partial charge is 0.302 e. The van der Waals surface area contributed by atoms with E-state index in [0.29, 0.717) is 5.41 Å². The van der Waals surface area contributed by atoms with E-state index in [9.17, 15) is 4.79 Å². The van der Waals surface area contributed by atoms with E-state index in [0.717, 1.165) is 74.4 Å². The number of carbonyl (C=O) groups is 1. The quantitative estimate of drug-likeness (QED) is 0.213. The van der Waals surface area contributed by atoms with E-state index in [4.69, 9.17) is 9.47 Å². The fourth-order valence-electron chi connectivity index (χ4n) is 11.3. The Labute approximate surface area is 234 Å². The normalized spacial score (nSPS) is 46.2. The molecule has 0 N–H and O–H groups in total. The summed E-state index contributed by atoms with van der Waals surface area (Å²) in [6.45, 7) is 22.0. The van der Waals surface area contributed by atoms with Crippen molar-refractivity contribution in [1.82, 2.24) is 4.90 Å². The maximum Gasteiger partial charge on any atom is 0.302 e. The van der Waals surface area contributed by atoms with Crippen molar-refractivity contribution in [2.75, 3.05) is 19.6 Å². The van der Waals surface area contributed by atoms with Crippen molar-refractivity contribution in [1.29, 1.82) is 0 Å². The maximum absolute atomic E-state index is 11.9. The molecule has 5 aliphatic rings. The molecule has 4 nitrogen and oxygen atoms in total. The highest BCUT2D eigenvalue weighted by atomic mass is 16.6. The molecule has 0 bridgehead atoms. The van der Waals surface area contributed by atoms with E-state index in [1.54, 1.807) is 6.92 Å². The molecular formula is C34H59NO3. The molecule has 1 heterocycles. The Hall–Kier alpha value is -0.610. The Morgan fingerprint density at radius 2 is 1.71 bits per heavy atom. The third-order valence-corrected chi connectivity index (χ3v) is 13.2. The fourth-order valence-corrected chi connectivity index (χ4v) is 11.3. The van der Waals surface area contributed by atoms with Crippen molar-refractivity contribution < 1.29 is 14.3 Å². The Morgan fingerprint density at radius 1 is 0.974 bits per heavy atom. The van der Waals surface area contributed by atoms with Crippen molar-refractivity contribution in [3.05, 3.63) is 0 Å². The molecule has 4 heteroatoms. The summed E-state index contributed by atoms with van der Waals surface area (Å²) >= 11 is 0. The summed E-state index contributed by atoms with van der Waals surface area (Å²) in [7, 11) is 0. The number of carbonyl (C=O) groups excluding carboxylic acids is 1. The zero-order valence-corrected chi connectivity index (χ0v) is 26.1. The first kappa shape index (κ1) is 28.9. The number of nitrogens with zero attached hydrogens (tertiary/aromatic N) is 1. The van der Waals surface area contributed by atoms with E-state index in [2.05, 4.69) is 53.4 Å². The molecule has 5 fully saturated rings. The van der Waals surface area contributed by atoms with Gasteiger partial charge in [-0.25, -0.2) is 0 Å². The van der Waals surface area contributed by atoms with Crippen LogP contribution in [-0.2, 0) is 14.3 Å². The van der Waals surface area contributed by atoms with Gasteiger partial charge in [0, 0.05) is 25.3 Å². The van der Waals surface area contributed by atoms with E-state index in [-0.39, 0.29) is 28.7 Å². The van der Waals surface area contributed by atoms with Gasteiger partial charge in [-0.1, -0.05) is 67.7 Å². The number of rotatable bonds is 10. The second-order valence-corrected chi connectivity index (χ2v) is 15.4. The van der Waals surface area contributed by atoms with Gasteiger partial charge < -0.3 is 14.4 Å². The van der Waals surface area contributed by atoms with Crippen LogP contribution in [0.3, 0.4) is 0 Å². The van der Waals surface area contributed by atoms with E-state index < -0.39 is 0 Å². The SMILES string of the molecule is CCN(CC)C[C@]12CC3C4CC[C@H]([C@H](C)CCCC(C)C)[C@@]4(C)CCC3[C@@]3(C)CC[C@H](OC(C)=O)C[C@@]13O2. The average Bonchev–Trinajstić information content (AvgIpc) is 3.33. The summed E-state index contributed by atoms with van der Waals surface area (Å²) in [5, 5.41) is 0. The van der Waals surface area contributed by atoms with E-state index >= 15 is 0 Å². The monoisotopic (exact) mass is 529 g/mol. The number of esters is 1. The molecule has 38 heavy (non-hydrogen) atoms. The van der Waals surface area contributed by atoms with Gasteiger partial charge in [0.1, 0.15) is 17.3 Å². The molecule has 0 radical (unpaired) electrons. The summed E-state index contributed by atoms with van der Waals surface area (Å²) in [5.41, 5.74) is 0.516. The van der Waals surface area contributed by atoms with Gasteiger partial charge in [-0.15, -0.1) is 0 Å². The maximum atomic E-state index is 11.9. The standard InChI is InChI=1S/C34H59NO3/c1-9-35(10-2)22-33-21-27-29-15-14-28(24(5)13-11-12-23(3)4)31(29,7)18-17-30(27)32(8)19-16-26(37-25(6)36)20-34(32,33)38-33/h23-24,26-30H,9-22H2,1-8H3/t24-,26+,27?,28-,29?,30?,31-,32-,33-,34+/m1/s1. The van der Waals surface area contributed by atoms with Crippen molar-refractivity contribution in [3.63, 3.8) is 0 Å². The molecule has 1 aliphatic heterocycles. The molecule has 5 rings (SSSR count). The van der Waals surface area contributed by atoms with E-state index in [1.165, 1.54) is 51.4 Å². The van der Waals surface area contributed by atoms with Crippen molar-refractivity contribution in [2.45, 2.75) is 143 Å². The van der Waals surface area contributed by atoms with Crippen LogP contribution in [0.15, 0.2) is 0 Å². The predicted molar refractivity (Wildman–Crippen MR) is 155 cm³/mol. The minimum absolute atomic E-state index is 0.0205. The number of hydrogen-bond donors (Lipinski definition) is 0. The second-order valence-electron chi connectivity index (χ2n) is 15.4. The van der Waals surface area contributed by atoms with Crippen LogP contribution in [0, 0.1) is 46.3 Å². The van der Waals surface area contributed by atoms with Gasteiger partial charge in [-0.3, -0.25) is 4.79 Å². The first-order chi connectivity index (χ1) is 17.9. The molecule has 1 saturated heterocycles. The Balaban J connectivity index is 1.41. The summed E-state index contributed by atoms with van der Waals surface area (Å²) < 4.78 is 13.1. The van der Waals surface area contributed by atoms with Crippen LogP contribution in [0.2, 0.25) is 0 Å². The number of hydrogen-bond acceptors (Lipinski definition) is 4. The molecule has 0 aromatic carbocycles. The number of ether oxygens (including phenoxy) is 2. The van der Waals surface area contributed by atoms with Crippen LogP contribution >= 0.6 is 0 Å². The fraction of sp³-hybridized carbons (Fsp3) is 0.971. The minimum atomic E-state index is -0.133. The molecule has 218 valence electrons. The Kier molecular flexibility index (Phi) is 7.86. The van der Waals surface area contributed by atoms with Crippen LogP contribution in [-0.4, -0.2) is 47.8 Å². The molecule has 4 saturated carbocycles. The predicted octanol–water partition coefficient (Wildman–Crippen LogP) is 7.88. The van der Waals surface area contributed by atoms with Crippen LogP contribution in [0.1, 0.15) is 126 Å². The van der Waals surface area contributed by atoms with Crippen LogP contribution < -0.4 is 0 Å². The van der Waals surface area contributed by atoms with Crippen LogP contribution in [0.5, 0.6) is 0 Å². The zero-order chi connectivity index (χ0) is 27.5. The van der Waals surface area contributed by atoms with Crippen LogP contribution in [0.25, 0.3) is 0 Å². The Bertz CT molecular complexity index is 870. The first-order valence-electron chi connectivity index (χ1n) is 16.5. The summed E-state index contributed by atoms with van der Waals surface area (Å²) in [5.74, 6) is 4.80. The lowest BCUT2D eigenvalue weighted by Crippen LogP contribution is -2.63. The molecule has 1 spiro atoms. The van der Waals surface area contributed by atoms with Gasteiger partial charge in [-0.05, 0) is 99.0 Å². The van der Waals surface area contributed by atoms with Crippen molar-refractivity contribution in [2.24, 2.45) is 46.3 Å². The lowest BCUT2D eigenvalue weighted by Gasteiger charge is -2.61. The van der Waals surface area contributed by atoms with Crippen molar-refractivity contribution in [3.8, 4) is 0 Å². The summed E-state index contributed by atoms with van der Waals surface area (Å²) in [6.07, 6.45) is 14.1. The Morgan fingerprint density at radius 3 is 2.37 bits per heavy atom. The molecule has 4 aliphatic carbocycles. The van der Waals surface area contributed by atoms with Gasteiger partial charge in [0.05, 0.1) is 0 Å². The number of likely N-dealkylation sites (N-methyl/N-ethyl adjacent to an activating group) is 1. The molecule has 0 amide bonds. The van der Waals surface area contributed by atoms with Gasteiger partial charge in [-0.2, -0.15) is 0 Å². The highest BCUT2D eigenvalue weighted by Gasteiger charge is 2.83. The molecule has 0 aromatic heterocycles. The van der Waals surface area contributed by atoms with E-state index in [1.807, 2.05) is 0 Å². The largest absolute Gasteiger partial charge is 0.462 e. The highest BCUT2D eigenvalue weighted by molar-refractivity contribution is 5.66. The lowest BCUT2D eigenvalue weighted by atomic mass is 9.42.